The van der Waals surface area contributed by atoms with Gasteiger partial charge < -0.3 is 14.8 Å². The van der Waals surface area contributed by atoms with Gasteiger partial charge in [0.25, 0.3) is 0 Å². The van der Waals surface area contributed by atoms with Crippen LogP contribution in [0.25, 0.3) is 11.5 Å². The predicted octanol–water partition coefficient (Wildman–Crippen LogP) is 1.71. The highest BCUT2D eigenvalue weighted by atomic mass is 16.5. The summed E-state index contributed by atoms with van der Waals surface area (Å²) in [5.41, 5.74) is 8.05. The van der Waals surface area contributed by atoms with Crippen molar-refractivity contribution >= 4 is 0 Å². The van der Waals surface area contributed by atoms with Gasteiger partial charge in [0, 0.05) is 7.05 Å². The number of benzene rings is 1. The zero-order valence-corrected chi connectivity index (χ0v) is 11.1. The second kappa shape index (κ2) is 5.26. The van der Waals surface area contributed by atoms with Crippen LogP contribution in [-0.4, -0.2) is 19.7 Å². The number of rotatable bonds is 4. The molecule has 0 fully saturated rings. The van der Waals surface area contributed by atoms with Gasteiger partial charge in [-0.15, -0.1) is 0 Å². The minimum atomic E-state index is -0.313. The fraction of sp³-hybridized carbons (Fsp3) is 0.214. The molecule has 6 nitrogen and oxygen atoms in total. The van der Waals surface area contributed by atoms with E-state index in [1.165, 1.54) is 0 Å². The number of nitrogens with zero attached hydrogens (tertiary/aromatic N) is 4. The average Bonchev–Trinajstić information content (AvgIpc) is 3.08. The summed E-state index contributed by atoms with van der Waals surface area (Å²) in [6, 6.07) is 9.68. The quantitative estimate of drug-likeness (QED) is 0.779. The lowest BCUT2D eigenvalue weighted by atomic mass is 10.1. The van der Waals surface area contributed by atoms with Gasteiger partial charge in [0.15, 0.2) is 0 Å². The molecule has 20 heavy (non-hydrogen) atoms. The Kier molecular flexibility index (Phi) is 3.30. The molecule has 0 spiro atoms. The monoisotopic (exact) mass is 269 g/mol. The van der Waals surface area contributed by atoms with Gasteiger partial charge in [-0.3, -0.25) is 0 Å². The SMILES string of the molecule is Cn1cncc1-c1noc([C@@H](N)Cc2ccccc2)n1. The summed E-state index contributed by atoms with van der Waals surface area (Å²) in [6.45, 7) is 0. The predicted molar refractivity (Wildman–Crippen MR) is 73.6 cm³/mol. The Hall–Kier alpha value is -2.47. The Labute approximate surface area is 116 Å². The van der Waals surface area contributed by atoms with Crippen LogP contribution in [-0.2, 0) is 13.5 Å². The molecule has 1 atom stereocenters. The number of aromatic nitrogens is 4. The van der Waals surface area contributed by atoms with Gasteiger partial charge in [-0.2, -0.15) is 4.98 Å². The second-order valence-corrected chi connectivity index (χ2v) is 4.64. The fourth-order valence-electron chi connectivity index (χ4n) is 2.02. The van der Waals surface area contributed by atoms with Gasteiger partial charge >= 0.3 is 0 Å². The van der Waals surface area contributed by atoms with Gasteiger partial charge in [-0.05, 0) is 12.0 Å². The number of aryl methyl sites for hydroxylation is 1. The van der Waals surface area contributed by atoms with Crippen LogP contribution in [0.2, 0.25) is 0 Å². The number of nitrogens with two attached hydrogens (primary N) is 1. The molecule has 6 heteroatoms. The summed E-state index contributed by atoms with van der Waals surface area (Å²) in [4.78, 5) is 8.38. The summed E-state index contributed by atoms with van der Waals surface area (Å²) >= 11 is 0. The van der Waals surface area contributed by atoms with E-state index < -0.39 is 0 Å². The smallest absolute Gasteiger partial charge is 0.244 e. The molecule has 3 aromatic rings. The van der Waals surface area contributed by atoms with E-state index in [1.54, 1.807) is 12.5 Å². The van der Waals surface area contributed by atoms with Crippen molar-refractivity contribution in [2.24, 2.45) is 12.8 Å². The van der Waals surface area contributed by atoms with E-state index >= 15 is 0 Å². The molecule has 0 aliphatic heterocycles. The maximum Gasteiger partial charge on any atom is 0.244 e. The highest BCUT2D eigenvalue weighted by molar-refractivity contribution is 5.47. The molecule has 0 aliphatic rings. The van der Waals surface area contributed by atoms with E-state index in [1.807, 2.05) is 41.9 Å². The van der Waals surface area contributed by atoms with Gasteiger partial charge in [-0.25, -0.2) is 4.98 Å². The summed E-state index contributed by atoms with van der Waals surface area (Å²) < 4.78 is 7.08. The highest BCUT2D eigenvalue weighted by Gasteiger charge is 2.17. The number of hydrogen-bond donors (Lipinski definition) is 1. The first-order valence-electron chi connectivity index (χ1n) is 6.34. The van der Waals surface area contributed by atoms with Crippen molar-refractivity contribution in [1.82, 2.24) is 19.7 Å². The lowest BCUT2D eigenvalue weighted by molar-refractivity contribution is 0.354. The minimum Gasteiger partial charge on any atom is -0.337 e. The van der Waals surface area contributed by atoms with Crippen molar-refractivity contribution < 1.29 is 4.52 Å². The summed E-state index contributed by atoms with van der Waals surface area (Å²) in [7, 11) is 1.88. The van der Waals surface area contributed by atoms with Gasteiger partial charge in [0.2, 0.25) is 11.7 Å². The maximum atomic E-state index is 6.11. The normalized spacial score (nSPS) is 12.5. The Morgan fingerprint density at radius 2 is 2.10 bits per heavy atom. The molecule has 3 rings (SSSR count). The third-order valence-corrected chi connectivity index (χ3v) is 3.10. The Morgan fingerprint density at radius 3 is 2.80 bits per heavy atom. The van der Waals surface area contributed by atoms with Gasteiger partial charge in [0.05, 0.1) is 18.6 Å². The third kappa shape index (κ3) is 2.46. The maximum absolute atomic E-state index is 6.11. The van der Waals surface area contributed by atoms with Crippen molar-refractivity contribution in [2.75, 3.05) is 0 Å². The van der Waals surface area contributed by atoms with Crippen molar-refractivity contribution in [3.8, 4) is 11.5 Å². The number of hydrogen-bond acceptors (Lipinski definition) is 5. The third-order valence-electron chi connectivity index (χ3n) is 3.10. The van der Waals surface area contributed by atoms with E-state index in [0.717, 1.165) is 11.3 Å². The Morgan fingerprint density at radius 1 is 1.30 bits per heavy atom. The zero-order chi connectivity index (χ0) is 13.9. The van der Waals surface area contributed by atoms with Gasteiger partial charge in [0.1, 0.15) is 5.69 Å². The molecule has 2 N–H and O–H groups in total. The van der Waals surface area contributed by atoms with E-state index in [0.29, 0.717) is 18.1 Å². The minimum absolute atomic E-state index is 0.313. The van der Waals surface area contributed by atoms with Crippen LogP contribution in [0, 0.1) is 0 Å². The van der Waals surface area contributed by atoms with Crippen LogP contribution in [0.1, 0.15) is 17.5 Å². The fourth-order valence-corrected chi connectivity index (χ4v) is 2.02. The van der Waals surface area contributed by atoms with E-state index in [-0.39, 0.29) is 6.04 Å². The molecule has 2 heterocycles. The summed E-state index contributed by atoms with van der Waals surface area (Å²) in [6.07, 6.45) is 4.04. The lowest BCUT2D eigenvalue weighted by Gasteiger charge is -2.05. The molecule has 2 aromatic heterocycles. The van der Waals surface area contributed by atoms with E-state index in [4.69, 9.17) is 10.3 Å². The number of imidazole rings is 1. The molecule has 0 unspecified atom stereocenters. The highest BCUT2D eigenvalue weighted by Crippen LogP contribution is 2.19. The summed E-state index contributed by atoms with van der Waals surface area (Å²) in [5, 5.41) is 3.96. The van der Waals surface area contributed by atoms with Crippen LogP contribution >= 0.6 is 0 Å². The van der Waals surface area contributed by atoms with E-state index in [9.17, 15) is 0 Å². The van der Waals surface area contributed by atoms with Crippen molar-refractivity contribution in [3.05, 3.63) is 54.3 Å². The molecule has 102 valence electrons. The first-order chi connectivity index (χ1) is 9.74. The van der Waals surface area contributed by atoms with Crippen LogP contribution < -0.4 is 5.73 Å². The standard InChI is InChI=1S/C14H15N5O/c1-19-9-16-8-12(19)13-17-14(20-18-13)11(15)7-10-5-3-2-4-6-10/h2-6,8-9,11H,7,15H2,1H3/t11-/m0/s1. The van der Waals surface area contributed by atoms with Crippen LogP contribution in [0.15, 0.2) is 47.4 Å². The molecule has 0 aliphatic carbocycles. The van der Waals surface area contributed by atoms with Crippen molar-refractivity contribution in [2.45, 2.75) is 12.5 Å². The summed E-state index contributed by atoms with van der Waals surface area (Å²) in [5.74, 6) is 0.938. The molecule has 1 aromatic carbocycles. The topological polar surface area (TPSA) is 82.8 Å². The van der Waals surface area contributed by atoms with Crippen molar-refractivity contribution in [1.29, 1.82) is 0 Å². The molecule has 0 radical (unpaired) electrons. The second-order valence-electron chi connectivity index (χ2n) is 4.64. The first-order valence-corrected chi connectivity index (χ1v) is 6.34. The lowest BCUT2D eigenvalue weighted by Crippen LogP contribution is -2.13. The molecule has 0 amide bonds. The van der Waals surface area contributed by atoms with E-state index in [2.05, 4.69) is 15.1 Å². The first kappa shape index (κ1) is 12.6. The molecule has 0 saturated heterocycles. The zero-order valence-electron chi connectivity index (χ0n) is 11.1. The largest absolute Gasteiger partial charge is 0.337 e. The molecular formula is C14H15N5O. The molecule has 0 bridgehead atoms. The Bertz CT molecular complexity index is 688. The van der Waals surface area contributed by atoms with Crippen LogP contribution in [0.3, 0.4) is 0 Å². The molecule has 0 saturated carbocycles. The Balaban J connectivity index is 1.78. The van der Waals surface area contributed by atoms with Crippen molar-refractivity contribution in [3.63, 3.8) is 0 Å². The van der Waals surface area contributed by atoms with Gasteiger partial charge in [-0.1, -0.05) is 35.5 Å². The van der Waals surface area contributed by atoms with Crippen LogP contribution in [0.5, 0.6) is 0 Å². The average molecular weight is 269 g/mol. The molecular weight excluding hydrogens is 254 g/mol. The van der Waals surface area contributed by atoms with Crippen LogP contribution in [0.4, 0.5) is 0 Å².